The third-order valence-electron chi connectivity index (χ3n) is 7.00. The summed E-state index contributed by atoms with van der Waals surface area (Å²) in [6.07, 6.45) is 11.2. The Hall–Kier alpha value is -2.12. The first-order valence-corrected chi connectivity index (χ1v) is 13.9. The lowest BCUT2D eigenvalue weighted by atomic mass is 9.78. The molecule has 1 saturated carbocycles. The molecule has 2 fully saturated rings. The van der Waals surface area contributed by atoms with E-state index in [9.17, 15) is 8.42 Å². The number of ether oxygens (including phenoxy) is 2. The molecular weight excluding hydrogens is 436 g/mol. The van der Waals surface area contributed by atoms with E-state index < -0.39 is 9.84 Å². The second-order valence-electron chi connectivity index (χ2n) is 9.60. The van der Waals surface area contributed by atoms with Crippen LogP contribution in [0, 0.1) is 11.8 Å². The van der Waals surface area contributed by atoms with E-state index in [1.54, 1.807) is 13.3 Å². The average molecular weight is 473 g/mol. The highest BCUT2D eigenvalue weighted by molar-refractivity contribution is 7.90. The Morgan fingerprint density at radius 3 is 2.48 bits per heavy atom. The number of benzene rings is 1. The fraction of sp³-hybridized carbons (Fsp3) is 0.577. The lowest BCUT2D eigenvalue weighted by molar-refractivity contribution is 0.216. The van der Waals surface area contributed by atoms with Crippen LogP contribution in [0.4, 0.5) is 0 Å². The molecular formula is C26H36N2O4S. The molecule has 2 heterocycles. The number of aromatic nitrogens is 1. The zero-order chi connectivity index (χ0) is 23.1. The van der Waals surface area contributed by atoms with Crippen molar-refractivity contribution in [2.45, 2.75) is 56.7 Å². The van der Waals surface area contributed by atoms with Crippen molar-refractivity contribution in [3.8, 4) is 11.5 Å². The molecule has 33 heavy (non-hydrogen) atoms. The van der Waals surface area contributed by atoms with E-state index in [0.29, 0.717) is 30.2 Å². The number of nitrogens with zero attached hydrogens (tertiary/aromatic N) is 1. The largest absolute Gasteiger partial charge is 0.497 e. The van der Waals surface area contributed by atoms with Crippen LogP contribution in [0.15, 0.2) is 42.7 Å². The fourth-order valence-corrected chi connectivity index (χ4v) is 6.36. The van der Waals surface area contributed by atoms with Crippen molar-refractivity contribution in [1.29, 1.82) is 0 Å². The number of pyridine rings is 1. The van der Waals surface area contributed by atoms with Crippen molar-refractivity contribution >= 4 is 9.84 Å². The summed E-state index contributed by atoms with van der Waals surface area (Å²) in [6.45, 7) is 1.79. The molecule has 6 nitrogen and oxygen atoms in total. The van der Waals surface area contributed by atoms with Crippen LogP contribution in [-0.4, -0.2) is 45.5 Å². The summed E-state index contributed by atoms with van der Waals surface area (Å²) in [5.74, 6) is 3.05. The van der Waals surface area contributed by atoms with Gasteiger partial charge in [0.1, 0.15) is 18.1 Å². The van der Waals surface area contributed by atoms with Crippen molar-refractivity contribution in [1.82, 2.24) is 10.3 Å². The van der Waals surface area contributed by atoms with Crippen LogP contribution in [0.25, 0.3) is 0 Å². The maximum Gasteiger partial charge on any atom is 0.154 e. The third kappa shape index (κ3) is 7.44. The van der Waals surface area contributed by atoms with Gasteiger partial charge >= 0.3 is 0 Å². The van der Waals surface area contributed by atoms with E-state index in [2.05, 4.69) is 16.4 Å². The van der Waals surface area contributed by atoms with Gasteiger partial charge in [0.05, 0.1) is 24.8 Å². The second kappa shape index (κ2) is 11.3. The minimum absolute atomic E-state index is 0.0851. The molecule has 180 valence electrons. The molecule has 7 heteroatoms. The number of methoxy groups -OCH3 is 1. The summed E-state index contributed by atoms with van der Waals surface area (Å²) in [6, 6.07) is 9.94. The van der Waals surface area contributed by atoms with Crippen molar-refractivity contribution in [2.24, 2.45) is 11.8 Å². The molecule has 0 amide bonds. The predicted octanol–water partition coefficient (Wildman–Crippen LogP) is 4.18. The quantitative estimate of drug-likeness (QED) is 0.529. The molecule has 0 bridgehead atoms. The molecule has 2 aliphatic rings. The molecule has 0 spiro atoms. The molecule has 4 rings (SSSR count). The molecule has 1 aromatic heterocycles. The zero-order valence-electron chi connectivity index (χ0n) is 19.5. The van der Waals surface area contributed by atoms with Gasteiger partial charge in [-0.25, -0.2) is 8.42 Å². The van der Waals surface area contributed by atoms with Gasteiger partial charge in [0, 0.05) is 12.2 Å². The molecule has 1 unspecified atom stereocenters. The number of rotatable bonds is 11. The van der Waals surface area contributed by atoms with Crippen LogP contribution in [-0.2, 0) is 22.0 Å². The zero-order valence-corrected chi connectivity index (χ0v) is 20.4. The number of hydrogen-bond donors (Lipinski definition) is 1. The summed E-state index contributed by atoms with van der Waals surface area (Å²) in [4.78, 5) is 4.37. The normalized spacial score (nSPS) is 23.0. The lowest BCUT2D eigenvalue weighted by Gasteiger charge is -2.29. The topological polar surface area (TPSA) is 77.5 Å². The number of sulfone groups is 1. The van der Waals surface area contributed by atoms with E-state index in [-0.39, 0.29) is 11.5 Å². The van der Waals surface area contributed by atoms with Crippen LogP contribution >= 0.6 is 0 Å². The van der Waals surface area contributed by atoms with Crippen LogP contribution in [0.5, 0.6) is 11.5 Å². The summed E-state index contributed by atoms with van der Waals surface area (Å²) >= 11 is 0. The Labute approximate surface area is 198 Å². The van der Waals surface area contributed by atoms with Crippen LogP contribution in [0.1, 0.15) is 49.7 Å². The Kier molecular flexibility index (Phi) is 8.25. The highest BCUT2D eigenvalue weighted by atomic mass is 32.2. The van der Waals surface area contributed by atoms with Gasteiger partial charge in [-0.2, -0.15) is 0 Å². The first-order valence-electron chi connectivity index (χ1n) is 12.1. The van der Waals surface area contributed by atoms with Crippen molar-refractivity contribution in [2.75, 3.05) is 26.0 Å². The van der Waals surface area contributed by atoms with Gasteiger partial charge in [0.2, 0.25) is 0 Å². The molecule has 1 atom stereocenters. The van der Waals surface area contributed by atoms with E-state index in [4.69, 9.17) is 9.47 Å². The van der Waals surface area contributed by atoms with Crippen LogP contribution < -0.4 is 14.8 Å². The van der Waals surface area contributed by atoms with Gasteiger partial charge in [0.25, 0.3) is 0 Å². The van der Waals surface area contributed by atoms with Crippen LogP contribution in [0.2, 0.25) is 0 Å². The summed E-state index contributed by atoms with van der Waals surface area (Å²) < 4.78 is 36.4. The van der Waals surface area contributed by atoms with Gasteiger partial charge in [-0.05, 0) is 79.8 Å². The molecule has 1 saturated heterocycles. The Bertz CT molecular complexity index is 999. The van der Waals surface area contributed by atoms with Gasteiger partial charge in [-0.15, -0.1) is 0 Å². The highest BCUT2D eigenvalue weighted by Crippen LogP contribution is 2.33. The monoisotopic (exact) mass is 472 g/mol. The summed E-state index contributed by atoms with van der Waals surface area (Å²) in [5, 5.41) is 3.35. The van der Waals surface area contributed by atoms with E-state index in [1.807, 2.05) is 30.5 Å². The molecule has 1 aromatic carbocycles. The molecule has 1 aliphatic carbocycles. The minimum atomic E-state index is -3.12. The van der Waals surface area contributed by atoms with Gasteiger partial charge in [0.15, 0.2) is 9.84 Å². The van der Waals surface area contributed by atoms with E-state index in [1.165, 1.54) is 12.0 Å². The van der Waals surface area contributed by atoms with E-state index in [0.717, 1.165) is 56.4 Å². The minimum Gasteiger partial charge on any atom is -0.497 e. The van der Waals surface area contributed by atoms with Crippen molar-refractivity contribution in [3.05, 3.63) is 53.9 Å². The van der Waals surface area contributed by atoms with E-state index >= 15 is 0 Å². The molecule has 1 aliphatic heterocycles. The Morgan fingerprint density at radius 2 is 1.76 bits per heavy atom. The van der Waals surface area contributed by atoms with Gasteiger partial charge in [-0.3, -0.25) is 4.98 Å². The van der Waals surface area contributed by atoms with Crippen molar-refractivity contribution in [3.63, 3.8) is 0 Å². The SMILES string of the molecule is COc1cccc(CS(=O)(=O)CCC2CCC(Cc3cncc(OCC4CCN4)c3)CC2)c1. The highest BCUT2D eigenvalue weighted by Gasteiger charge is 2.24. The van der Waals surface area contributed by atoms with Crippen LogP contribution in [0.3, 0.4) is 0 Å². The maximum atomic E-state index is 12.6. The Balaban J connectivity index is 1.19. The Morgan fingerprint density at radius 1 is 1.00 bits per heavy atom. The summed E-state index contributed by atoms with van der Waals surface area (Å²) in [7, 11) is -1.52. The maximum absolute atomic E-state index is 12.6. The molecule has 1 N–H and O–H groups in total. The lowest BCUT2D eigenvalue weighted by Crippen LogP contribution is -2.46. The first kappa shape index (κ1) is 24.0. The van der Waals surface area contributed by atoms with Crippen molar-refractivity contribution < 1.29 is 17.9 Å². The second-order valence-corrected chi connectivity index (χ2v) is 11.8. The third-order valence-corrected chi connectivity index (χ3v) is 8.63. The number of hydrogen-bond acceptors (Lipinski definition) is 6. The summed E-state index contributed by atoms with van der Waals surface area (Å²) in [5.41, 5.74) is 2.03. The average Bonchev–Trinajstić information content (AvgIpc) is 2.78. The molecule has 2 aromatic rings. The van der Waals surface area contributed by atoms with Gasteiger partial charge < -0.3 is 14.8 Å². The first-order chi connectivity index (χ1) is 16.0. The standard InChI is InChI=1S/C26H36N2O4S/c1-31-25-4-2-3-22(14-25)19-33(29,30)12-10-20-5-7-21(8-6-20)13-23-15-26(17-27-16-23)32-18-24-9-11-28-24/h2-4,14-17,20-21,24,28H,5-13,18-19H2,1H3. The fourth-order valence-electron chi connectivity index (χ4n) is 4.83. The number of nitrogens with one attached hydrogen (secondary N) is 1. The predicted molar refractivity (Wildman–Crippen MR) is 130 cm³/mol. The smallest absolute Gasteiger partial charge is 0.154 e. The molecule has 0 radical (unpaired) electrons. The van der Waals surface area contributed by atoms with Gasteiger partial charge in [-0.1, -0.05) is 25.0 Å².